The van der Waals surface area contributed by atoms with Crippen LogP contribution in [0.5, 0.6) is 0 Å². The summed E-state index contributed by atoms with van der Waals surface area (Å²) in [5, 5.41) is 0. The Balaban J connectivity index is 2.13. The quantitative estimate of drug-likeness (QED) is 0.519. The largest absolute Gasteiger partial charge is 0.463 e. The van der Waals surface area contributed by atoms with Crippen molar-refractivity contribution in [1.82, 2.24) is 4.57 Å². The maximum Gasteiger partial charge on any atom is 0.305 e. The van der Waals surface area contributed by atoms with E-state index in [1.54, 1.807) is 0 Å². The monoisotopic (exact) mass is 341 g/mol. The Labute approximate surface area is 149 Å². The molecule has 0 aliphatic carbocycles. The lowest BCUT2D eigenvalue weighted by Crippen LogP contribution is -2.18. The molecule has 4 nitrogen and oxygen atoms in total. The van der Waals surface area contributed by atoms with E-state index in [1.807, 2.05) is 64.1 Å². The number of rotatable bonds is 8. The Hall–Kier alpha value is -2.36. The van der Waals surface area contributed by atoms with Crippen LogP contribution in [0.25, 0.3) is 0 Å². The fraction of sp³-hybridized carbons (Fsp3) is 0.429. The number of ether oxygens (including phenoxy) is 1. The van der Waals surface area contributed by atoms with Crippen molar-refractivity contribution < 1.29 is 14.3 Å². The summed E-state index contributed by atoms with van der Waals surface area (Å²) in [5.74, 6) is -0.135. The molecule has 1 aromatic heterocycles. The number of hydrogen-bond donors (Lipinski definition) is 0. The van der Waals surface area contributed by atoms with Crippen LogP contribution in [0.4, 0.5) is 0 Å². The zero-order chi connectivity index (χ0) is 18.4. The minimum atomic E-state index is -0.156. The molecule has 0 spiro atoms. The van der Waals surface area contributed by atoms with E-state index < -0.39 is 0 Å². The van der Waals surface area contributed by atoms with Crippen LogP contribution in [0, 0.1) is 13.8 Å². The highest BCUT2D eigenvalue weighted by Crippen LogP contribution is 2.23. The van der Waals surface area contributed by atoms with Crippen LogP contribution < -0.4 is 0 Å². The molecule has 0 fully saturated rings. The van der Waals surface area contributed by atoms with E-state index in [1.165, 1.54) is 0 Å². The van der Waals surface area contributed by atoms with Gasteiger partial charge in [0, 0.05) is 28.9 Å². The van der Waals surface area contributed by atoms with Gasteiger partial charge in [0.15, 0.2) is 5.78 Å². The fourth-order valence-electron chi connectivity index (χ4n) is 3.11. The number of esters is 1. The smallest absolute Gasteiger partial charge is 0.305 e. The van der Waals surface area contributed by atoms with Crippen LogP contribution in [0.15, 0.2) is 36.4 Å². The molecule has 0 bridgehead atoms. The third kappa shape index (κ3) is 4.59. The van der Waals surface area contributed by atoms with Gasteiger partial charge in [0.05, 0.1) is 6.04 Å². The molecular weight excluding hydrogens is 314 g/mol. The number of carbonyl (C=O) groups excluding carboxylic acids is 2. The average molecular weight is 341 g/mol. The summed E-state index contributed by atoms with van der Waals surface area (Å²) in [6, 6.07) is 11.2. The zero-order valence-corrected chi connectivity index (χ0v) is 15.5. The first-order valence-electron chi connectivity index (χ1n) is 8.89. The third-order valence-corrected chi connectivity index (χ3v) is 4.43. The zero-order valence-electron chi connectivity index (χ0n) is 15.5. The van der Waals surface area contributed by atoms with E-state index in [-0.39, 0.29) is 17.8 Å². The first-order chi connectivity index (χ1) is 12.0. The van der Waals surface area contributed by atoms with Crippen LogP contribution >= 0.6 is 0 Å². The molecule has 0 N–H and O–H groups in total. The number of ketones is 1. The van der Waals surface area contributed by atoms with Crippen molar-refractivity contribution in [2.45, 2.75) is 53.0 Å². The van der Waals surface area contributed by atoms with E-state index >= 15 is 0 Å². The van der Waals surface area contributed by atoms with Crippen LogP contribution in [-0.4, -0.2) is 22.9 Å². The van der Waals surface area contributed by atoms with Gasteiger partial charge in [0.1, 0.15) is 6.61 Å². The topological polar surface area (TPSA) is 48.3 Å². The van der Waals surface area contributed by atoms with E-state index in [9.17, 15) is 9.59 Å². The fourth-order valence-corrected chi connectivity index (χ4v) is 3.11. The molecule has 0 aliphatic rings. The van der Waals surface area contributed by atoms with Gasteiger partial charge >= 0.3 is 5.97 Å². The lowest BCUT2D eigenvalue weighted by Gasteiger charge is -2.18. The highest BCUT2D eigenvalue weighted by molar-refractivity contribution is 6.09. The molecule has 25 heavy (non-hydrogen) atoms. The summed E-state index contributed by atoms with van der Waals surface area (Å²) in [6.07, 6.45) is 2.29. The van der Waals surface area contributed by atoms with Gasteiger partial charge in [-0.05, 0) is 33.3 Å². The summed E-state index contributed by atoms with van der Waals surface area (Å²) < 4.78 is 7.45. The van der Waals surface area contributed by atoms with Gasteiger partial charge in [-0.2, -0.15) is 0 Å². The molecule has 1 heterocycles. The Bertz CT molecular complexity index is 731. The summed E-state index contributed by atoms with van der Waals surface area (Å²) in [7, 11) is 0. The van der Waals surface area contributed by atoms with Gasteiger partial charge in [-0.25, -0.2) is 0 Å². The number of aryl methyl sites for hydroxylation is 1. The molecule has 1 unspecified atom stereocenters. The normalized spacial score (nSPS) is 12.0. The van der Waals surface area contributed by atoms with Crippen LogP contribution in [0.3, 0.4) is 0 Å². The first-order valence-corrected chi connectivity index (χ1v) is 8.89. The van der Waals surface area contributed by atoms with E-state index in [4.69, 9.17) is 4.74 Å². The molecule has 1 aromatic carbocycles. The molecule has 0 radical (unpaired) electrons. The van der Waals surface area contributed by atoms with Crippen molar-refractivity contribution in [3.05, 3.63) is 58.9 Å². The Kier molecular flexibility index (Phi) is 6.57. The van der Waals surface area contributed by atoms with Crippen molar-refractivity contribution in [2.75, 3.05) is 6.61 Å². The van der Waals surface area contributed by atoms with Crippen LogP contribution in [0.2, 0.25) is 0 Å². The SMILES string of the molecule is CCCCC(=O)OCC(C)n1c(C)cc(C(=O)c2ccccc2)c1C. The molecule has 2 aromatic rings. The van der Waals surface area contributed by atoms with Crippen LogP contribution in [-0.2, 0) is 9.53 Å². The van der Waals surface area contributed by atoms with Gasteiger partial charge in [-0.15, -0.1) is 0 Å². The molecule has 2 rings (SSSR count). The maximum absolute atomic E-state index is 12.7. The van der Waals surface area contributed by atoms with Gasteiger partial charge in [0.2, 0.25) is 0 Å². The van der Waals surface area contributed by atoms with Crippen molar-refractivity contribution in [2.24, 2.45) is 0 Å². The standard InChI is InChI=1S/C21H27NO3/c1-5-6-12-20(23)25-14-16(3)22-15(2)13-19(17(22)4)21(24)18-10-8-7-9-11-18/h7-11,13,16H,5-6,12,14H2,1-4H3. The Morgan fingerprint density at radius 1 is 1.16 bits per heavy atom. The Morgan fingerprint density at radius 3 is 2.48 bits per heavy atom. The number of unbranched alkanes of at least 4 members (excludes halogenated alkanes) is 1. The highest BCUT2D eigenvalue weighted by Gasteiger charge is 2.20. The van der Waals surface area contributed by atoms with Gasteiger partial charge in [0.25, 0.3) is 0 Å². The van der Waals surface area contributed by atoms with E-state index in [0.717, 1.165) is 24.2 Å². The van der Waals surface area contributed by atoms with Crippen molar-refractivity contribution in [3.8, 4) is 0 Å². The lowest BCUT2D eigenvalue weighted by atomic mass is 10.0. The summed E-state index contributed by atoms with van der Waals surface area (Å²) in [4.78, 5) is 24.5. The number of nitrogens with zero attached hydrogens (tertiary/aromatic N) is 1. The Morgan fingerprint density at radius 2 is 1.84 bits per heavy atom. The van der Waals surface area contributed by atoms with Gasteiger partial charge in [-0.1, -0.05) is 43.7 Å². The van der Waals surface area contributed by atoms with Crippen LogP contribution in [0.1, 0.15) is 66.5 Å². The highest BCUT2D eigenvalue weighted by atomic mass is 16.5. The summed E-state index contributed by atoms with van der Waals surface area (Å²) in [5.41, 5.74) is 3.28. The molecule has 0 saturated heterocycles. The molecule has 0 saturated carbocycles. The van der Waals surface area contributed by atoms with Crippen molar-refractivity contribution in [1.29, 1.82) is 0 Å². The predicted molar refractivity (Wildman–Crippen MR) is 99.0 cm³/mol. The number of carbonyl (C=O) groups is 2. The van der Waals surface area contributed by atoms with E-state index in [2.05, 4.69) is 4.57 Å². The second-order valence-corrected chi connectivity index (χ2v) is 6.49. The summed E-state index contributed by atoms with van der Waals surface area (Å²) >= 11 is 0. The number of benzene rings is 1. The first kappa shape index (κ1) is 19.0. The van der Waals surface area contributed by atoms with Crippen molar-refractivity contribution in [3.63, 3.8) is 0 Å². The minimum Gasteiger partial charge on any atom is -0.463 e. The lowest BCUT2D eigenvalue weighted by molar-refractivity contribution is -0.144. The maximum atomic E-state index is 12.7. The van der Waals surface area contributed by atoms with Crippen molar-refractivity contribution >= 4 is 11.8 Å². The van der Waals surface area contributed by atoms with E-state index in [0.29, 0.717) is 24.2 Å². The molecule has 0 amide bonds. The molecule has 0 aliphatic heterocycles. The van der Waals surface area contributed by atoms with Gasteiger partial charge in [-0.3, -0.25) is 9.59 Å². The minimum absolute atomic E-state index is 0.0112. The molecular formula is C21H27NO3. The molecule has 134 valence electrons. The summed E-state index contributed by atoms with van der Waals surface area (Å²) in [6.45, 7) is 8.29. The second-order valence-electron chi connectivity index (χ2n) is 6.49. The third-order valence-electron chi connectivity index (χ3n) is 4.43. The second kappa shape index (κ2) is 8.65. The van der Waals surface area contributed by atoms with Gasteiger partial charge < -0.3 is 9.30 Å². The molecule has 4 heteroatoms. The molecule has 1 atom stereocenters. The average Bonchev–Trinajstić information content (AvgIpc) is 2.92. The number of hydrogen-bond acceptors (Lipinski definition) is 3. The number of aromatic nitrogens is 1. The predicted octanol–water partition coefficient (Wildman–Crippen LogP) is 4.63.